The summed E-state index contributed by atoms with van der Waals surface area (Å²) in [5.41, 5.74) is 0.455. The zero-order valence-corrected chi connectivity index (χ0v) is 11.5. The molecule has 5 heteroatoms. The molecule has 0 aromatic carbocycles. The van der Waals surface area contributed by atoms with Gasteiger partial charge in [-0.15, -0.1) is 11.3 Å². The number of likely N-dealkylation sites (N-methyl/N-ethyl adjacent to an activating group) is 1. The van der Waals surface area contributed by atoms with E-state index in [4.69, 9.17) is 4.74 Å². The quantitative estimate of drug-likeness (QED) is 0.895. The highest BCUT2D eigenvalue weighted by molar-refractivity contribution is 7.15. The Labute approximate surface area is 106 Å². The molecule has 1 aromatic heterocycles. The molecule has 96 valence electrons. The third kappa shape index (κ3) is 2.97. The summed E-state index contributed by atoms with van der Waals surface area (Å²) in [5, 5.41) is 11.4. The first-order chi connectivity index (χ1) is 8.00. The van der Waals surface area contributed by atoms with E-state index in [1.165, 1.54) is 4.88 Å². The predicted molar refractivity (Wildman–Crippen MR) is 69.9 cm³/mol. The second-order valence-electron chi connectivity index (χ2n) is 4.83. The van der Waals surface area contributed by atoms with Crippen molar-refractivity contribution >= 4 is 16.5 Å². The standard InChI is InChI=1S/C12H20N2O2S/c1-9-10(2)17-11(13-9)14(3)8-12(15)4-6-16-7-5-12/h15H,4-8H2,1-3H3. The maximum Gasteiger partial charge on any atom is 0.185 e. The average molecular weight is 256 g/mol. The number of aryl methyl sites for hydroxylation is 2. The first-order valence-corrected chi connectivity index (χ1v) is 6.77. The zero-order chi connectivity index (χ0) is 12.5. The largest absolute Gasteiger partial charge is 0.388 e. The van der Waals surface area contributed by atoms with E-state index in [2.05, 4.69) is 16.8 Å². The molecule has 2 rings (SSSR count). The van der Waals surface area contributed by atoms with Gasteiger partial charge in [0.15, 0.2) is 5.13 Å². The van der Waals surface area contributed by atoms with Crippen LogP contribution in [0.25, 0.3) is 0 Å². The molecule has 0 bridgehead atoms. The van der Waals surface area contributed by atoms with Crippen molar-refractivity contribution in [3.8, 4) is 0 Å². The summed E-state index contributed by atoms with van der Waals surface area (Å²) in [7, 11) is 1.99. The SMILES string of the molecule is Cc1nc(N(C)CC2(O)CCOCC2)sc1C. The Morgan fingerprint density at radius 2 is 2.06 bits per heavy atom. The second-order valence-corrected chi connectivity index (χ2v) is 6.01. The Bertz CT molecular complexity index is 366. The van der Waals surface area contributed by atoms with Gasteiger partial charge in [-0.1, -0.05) is 0 Å². The van der Waals surface area contributed by atoms with Crippen LogP contribution in [0.2, 0.25) is 0 Å². The molecule has 1 aromatic rings. The number of nitrogens with zero attached hydrogens (tertiary/aromatic N) is 2. The molecule has 1 fully saturated rings. The van der Waals surface area contributed by atoms with Gasteiger partial charge in [-0.2, -0.15) is 0 Å². The van der Waals surface area contributed by atoms with Crippen LogP contribution in [0.15, 0.2) is 0 Å². The number of hydrogen-bond donors (Lipinski definition) is 1. The average Bonchev–Trinajstić information content (AvgIpc) is 2.60. The van der Waals surface area contributed by atoms with Crippen LogP contribution >= 0.6 is 11.3 Å². The second kappa shape index (κ2) is 4.92. The highest BCUT2D eigenvalue weighted by Crippen LogP contribution is 2.28. The molecule has 1 aliphatic rings. The van der Waals surface area contributed by atoms with Gasteiger partial charge >= 0.3 is 0 Å². The molecular weight excluding hydrogens is 236 g/mol. The Hall–Kier alpha value is -0.650. The fourth-order valence-electron chi connectivity index (χ4n) is 2.04. The Kier molecular flexibility index (Phi) is 3.70. The van der Waals surface area contributed by atoms with Crippen molar-refractivity contribution in [3.63, 3.8) is 0 Å². The molecular formula is C12H20N2O2S. The number of aromatic nitrogens is 1. The molecule has 0 unspecified atom stereocenters. The summed E-state index contributed by atoms with van der Waals surface area (Å²) < 4.78 is 5.28. The summed E-state index contributed by atoms with van der Waals surface area (Å²) >= 11 is 1.68. The molecule has 0 spiro atoms. The molecule has 0 saturated carbocycles. The number of aliphatic hydroxyl groups is 1. The Morgan fingerprint density at radius 3 is 2.59 bits per heavy atom. The summed E-state index contributed by atoms with van der Waals surface area (Å²) in [6.45, 7) is 6.03. The van der Waals surface area contributed by atoms with Crippen LogP contribution in [0.4, 0.5) is 5.13 Å². The van der Waals surface area contributed by atoms with Crippen molar-refractivity contribution in [3.05, 3.63) is 10.6 Å². The summed E-state index contributed by atoms with van der Waals surface area (Å²) in [6, 6.07) is 0. The van der Waals surface area contributed by atoms with E-state index in [0.29, 0.717) is 32.6 Å². The Balaban J connectivity index is 2.02. The van der Waals surface area contributed by atoms with Crippen molar-refractivity contribution in [2.45, 2.75) is 32.3 Å². The fourth-order valence-corrected chi connectivity index (χ4v) is 2.91. The van der Waals surface area contributed by atoms with E-state index < -0.39 is 5.60 Å². The first kappa shape index (κ1) is 12.8. The van der Waals surface area contributed by atoms with Crippen LogP contribution in [0.3, 0.4) is 0 Å². The Morgan fingerprint density at radius 1 is 1.41 bits per heavy atom. The molecule has 0 aliphatic carbocycles. The van der Waals surface area contributed by atoms with Gasteiger partial charge in [-0.25, -0.2) is 4.98 Å². The topological polar surface area (TPSA) is 45.6 Å². The van der Waals surface area contributed by atoms with E-state index >= 15 is 0 Å². The minimum atomic E-state index is -0.625. The van der Waals surface area contributed by atoms with Gasteiger partial charge in [0.2, 0.25) is 0 Å². The third-order valence-corrected chi connectivity index (χ3v) is 4.49. The van der Waals surface area contributed by atoms with E-state index in [1.807, 2.05) is 14.0 Å². The number of hydrogen-bond acceptors (Lipinski definition) is 5. The molecule has 0 radical (unpaired) electrons. The van der Waals surface area contributed by atoms with Gasteiger partial charge in [-0.3, -0.25) is 0 Å². The number of thiazole rings is 1. The molecule has 2 heterocycles. The molecule has 0 amide bonds. The highest BCUT2D eigenvalue weighted by Gasteiger charge is 2.31. The molecule has 4 nitrogen and oxygen atoms in total. The highest BCUT2D eigenvalue weighted by atomic mass is 32.1. The van der Waals surface area contributed by atoms with Crippen LogP contribution in [0.1, 0.15) is 23.4 Å². The van der Waals surface area contributed by atoms with Crippen molar-refractivity contribution in [2.75, 3.05) is 31.7 Å². The monoisotopic (exact) mass is 256 g/mol. The zero-order valence-electron chi connectivity index (χ0n) is 10.7. The lowest BCUT2D eigenvalue weighted by Crippen LogP contribution is -2.45. The van der Waals surface area contributed by atoms with E-state index in [-0.39, 0.29) is 0 Å². The van der Waals surface area contributed by atoms with Crippen LogP contribution in [0.5, 0.6) is 0 Å². The van der Waals surface area contributed by atoms with Crippen molar-refractivity contribution in [2.24, 2.45) is 0 Å². The van der Waals surface area contributed by atoms with Gasteiger partial charge in [-0.05, 0) is 13.8 Å². The van der Waals surface area contributed by atoms with E-state index in [9.17, 15) is 5.11 Å². The lowest BCUT2D eigenvalue weighted by atomic mass is 9.94. The number of ether oxygens (including phenoxy) is 1. The van der Waals surface area contributed by atoms with Crippen molar-refractivity contribution in [1.82, 2.24) is 4.98 Å². The molecule has 1 N–H and O–H groups in total. The summed E-state index contributed by atoms with van der Waals surface area (Å²) in [5.74, 6) is 0. The molecule has 17 heavy (non-hydrogen) atoms. The number of rotatable bonds is 3. The van der Waals surface area contributed by atoms with Crippen LogP contribution in [-0.2, 0) is 4.74 Å². The molecule has 1 aliphatic heterocycles. The predicted octanol–water partition coefficient (Wildman–Crippen LogP) is 1.74. The van der Waals surface area contributed by atoms with Crippen molar-refractivity contribution < 1.29 is 9.84 Å². The van der Waals surface area contributed by atoms with Crippen LogP contribution < -0.4 is 4.90 Å². The van der Waals surface area contributed by atoms with Gasteiger partial charge in [0.05, 0.1) is 11.3 Å². The summed E-state index contributed by atoms with van der Waals surface area (Å²) in [6.07, 6.45) is 1.42. The van der Waals surface area contributed by atoms with Gasteiger partial charge in [0.1, 0.15) is 0 Å². The van der Waals surface area contributed by atoms with Gasteiger partial charge < -0.3 is 14.7 Å². The lowest BCUT2D eigenvalue weighted by Gasteiger charge is -2.35. The van der Waals surface area contributed by atoms with E-state index in [0.717, 1.165) is 10.8 Å². The summed E-state index contributed by atoms with van der Waals surface area (Å²) in [4.78, 5) is 7.80. The van der Waals surface area contributed by atoms with Gasteiger partial charge in [0.25, 0.3) is 0 Å². The smallest absolute Gasteiger partial charge is 0.185 e. The normalized spacial score (nSPS) is 19.3. The maximum absolute atomic E-state index is 10.4. The van der Waals surface area contributed by atoms with Crippen LogP contribution in [-0.4, -0.2) is 42.5 Å². The minimum absolute atomic E-state index is 0.625. The molecule has 1 saturated heterocycles. The first-order valence-electron chi connectivity index (χ1n) is 5.95. The maximum atomic E-state index is 10.4. The fraction of sp³-hybridized carbons (Fsp3) is 0.750. The van der Waals surface area contributed by atoms with Crippen molar-refractivity contribution in [1.29, 1.82) is 0 Å². The molecule has 0 atom stereocenters. The van der Waals surface area contributed by atoms with Crippen LogP contribution in [0, 0.1) is 13.8 Å². The van der Waals surface area contributed by atoms with E-state index in [1.54, 1.807) is 11.3 Å². The minimum Gasteiger partial charge on any atom is -0.388 e. The lowest BCUT2D eigenvalue weighted by molar-refractivity contribution is -0.0572. The number of anilines is 1. The third-order valence-electron chi connectivity index (χ3n) is 3.30. The van der Waals surface area contributed by atoms with Gasteiger partial charge in [0, 0.05) is 44.5 Å².